The lowest BCUT2D eigenvalue weighted by Gasteiger charge is -2.28. The highest BCUT2D eigenvalue weighted by atomic mass is 79.9. The minimum Gasteiger partial charge on any atom is -0.495 e. The van der Waals surface area contributed by atoms with Crippen molar-refractivity contribution in [3.63, 3.8) is 0 Å². The molecular weight excluding hydrogens is 476 g/mol. The van der Waals surface area contributed by atoms with Gasteiger partial charge in [0.2, 0.25) is 5.91 Å². The van der Waals surface area contributed by atoms with E-state index >= 15 is 0 Å². The molecule has 1 atom stereocenters. The first kappa shape index (κ1) is 21.0. The van der Waals surface area contributed by atoms with Gasteiger partial charge in [-0.25, -0.2) is 15.0 Å². The molecule has 1 saturated heterocycles. The molecule has 32 heavy (non-hydrogen) atoms. The Labute approximate surface area is 193 Å². The van der Waals surface area contributed by atoms with Crippen molar-refractivity contribution < 1.29 is 9.53 Å². The normalized spacial score (nSPS) is 20.7. The molecule has 1 aliphatic carbocycles. The molecule has 2 fully saturated rings. The van der Waals surface area contributed by atoms with Crippen molar-refractivity contribution in [2.24, 2.45) is 5.73 Å². The number of benzene rings is 1. The molecule has 11 heteroatoms. The molecule has 5 N–H and O–H groups in total. The number of methoxy groups -OCH3 is 1. The van der Waals surface area contributed by atoms with E-state index in [1.807, 2.05) is 16.7 Å². The molecule has 3 heterocycles. The van der Waals surface area contributed by atoms with Crippen LogP contribution >= 0.6 is 15.9 Å². The van der Waals surface area contributed by atoms with E-state index in [0.717, 1.165) is 28.6 Å². The second-order valence-corrected chi connectivity index (χ2v) is 9.31. The number of nitrogen functional groups attached to an aromatic ring is 1. The Kier molecular flexibility index (Phi) is 5.17. The maximum Gasteiger partial charge on any atom is 0.242 e. The number of amides is 1. The number of nitrogens with zero attached hydrogens (tertiary/aromatic N) is 5. The van der Waals surface area contributed by atoms with Crippen LogP contribution in [-0.4, -0.2) is 57.2 Å². The van der Waals surface area contributed by atoms with Crippen LogP contribution in [0.3, 0.4) is 0 Å². The lowest BCUT2D eigenvalue weighted by atomic mass is 9.99. The van der Waals surface area contributed by atoms with Crippen LogP contribution in [0.1, 0.15) is 24.8 Å². The van der Waals surface area contributed by atoms with Crippen molar-refractivity contribution in [1.29, 1.82) is 0 Å². The van der Waals surface area contributed by atoms with Crippen LogP contribution < -0.4 is 26.4 Å². The van der Waals surface area contributed by atoms with Crippen LogP contribution in [-0.2, 0) is 11.3 Å². The van der Waals surface area contributed by atoms with Crippen molar-refractivity contribution in [2.45, 2.75) is 37.4 Å². The van der Waals surface area contributed by atoms with Gasteiger partial charge in [0.1, 0.15) is 23.1 Å². The van der Waals surface area contributed by atoms with Crippen molar-refractivity contribution in [1.82, 2.24) is 24.8 Å². The number of nitrogens with two attached hydrogens (primary N) is 2. The maximum absolute atomic E-state index is 12.8. The second-order valence-electron chi connectivity index (χ2n) is 8.46. The van der Waals surface area contributed by atoms with E-state index in [9.17, 15) is 4.79 Å². The van der Waals surface area contributed by atoms with E-state index in [0.29, 0.717) is 48.8 Å². The van der Waals surface area contributed by atoms with E-state index in [1.165, 1.54) is 6.33 Å². The SMILES string of the molecule is COc1ccc(Br)c(Cn2cnc3c(N)ncnc32)c1N1CC[C@](N)(C(=O)NC2CC2)C1. The lowest BCUT2D eigenvalue weighted by Crippen LogP contribution is -2.56. The number of hydrogen-bond acceptors (Lipinski definition) is 8. The third-order valence-corrected chi connectivity index (χ3v) is 6.89. The van der Waals surface area contributed by atoms with Gasteiger partial charge in [-0.3, -0.25) is 4.79 Å². The molecule has 0 radical (unpaired) electrons. The minimum atomic E-state index is -0.934. The molecule has 2 aliphatic rings. The number of anilines is 2. The number of imidazole rings is 1. The smallest absolute Gasteiger partial charge is 0.242 e. The third kappa shape index (κ3) is 3.65. The molecule has 1 aromatic carbocycles. The summed E-state index contributed by atoms with van der Waals surface area (Å²) in [5.74, 6) is 0.979. The van der Waals surface area contributed by atoms with Gasteiger partial charge >= 0.3 is 0 Å². The van der Waals surface area contributed by atoms with Crippen LogP contribution in [0.5, 0.6) is 5.75 Å². The first-order valence-electron chi connectivity index (χ1n) is 10.5. The highest BCUT2D eigenvalue weighted by molar-refractivity contribution is 9.10. The van der Waals surface area contributed by atoms with Gasteiger partial charge in [-0.05, 0) is 31.4 Å². The van der Waals surface area contributed by atoms with E-state index in [1.54, 1.807) is 13.4 Å². The summed E-state index contributed by atoms with van der Waals surface area (Å²) in [5.41, 5.74) is 14.7. The number of aromatic nitrogens is 4. The molecule has 168 valence electrons. The Bertz CT molecular complexity index is 1190. The number of carbonyl (C=O) groups is 1. The monoisotopic (exact) mass is 500 g/mol. The molecule has 0 unspecified atom stereocenters. The molecule has 1 aliphatic heterocycles. The molecular formula is C21H25BrN8O2. The van der Waals surface area contributed by atoms with Gasteiger partial charge in [-0.1, -0.05) is 15.9 Å². The van der Waals surface area contributed by atoms with Gasteiger partial charge in [-0.15, -0.1) is 0 Å². The van der Waals surface area contributed by atoms with Crippen LogP contribution in [0.25, 0.3) is 11.2 Å². The summed E-state index contributed by atoms with van der Waals surface area (Å²) in [5, 5.41) is 3.06. The van der Waals surface area contributed by atoms with Gasteiger partial charge in [0, 0.05) is 29.2 Å². The zero-order valence-corrected chi connectivity index (χ0v) is 19.3. The number of hydrogen-bond donors (Lipinski definition) is 3. The second kappa shape index (κ2) is 7.89. The van der Waals surface area contributed by atoms with Gasteiger partial charge < -0.3 is 31.0 Å². The number of nitrogens with one attached hydrogen (secondary N) is 1. The van der Waals surface area contributed by atoms with Crippen molar-refractivity contribution in [3.05, 3.63) is 34.8 Å². The fraction of sp³-hybridized carbons (Fsp3) is 0.429. The quantitative estimate of drug-likeness (QED) is 0.461. The first-order chi connectivity index (χ1) is 15.4. The van der Waals surface area contributed by atoms with Gasteiger partial charge in [0.05, 0.1) is 25.7 Å². The lowest BCUT2D eigenvalue weighted by molar-refractivity contribution is -0.125. The van der Waals surface area contributed by atoms with Crippen LogP contribution in [0.2, 0.25) is 0 Å². The molecule has 0 bridgehead atoms. The highest BCUT2D eigenvalue weighted by Gasteiger charge is 2.44. The zero-order valence-electron chi connectivity index (χ0n) is 17.7. The maximum atomic E-state index is 12.8. The molecule has 0 spiro atoms. The van der Waals surface area contributed by atoms with E-state index < -0.39 is 5.54 Å². The largest absolute Gasteiger partial charge is 0.495 e. The van der Waals surface area contributed by atoms with Gasteiger partial charge in [0.15, 0.2) is 11.5 Å². The van der Waals surface area contributed by atoms with Crippen LogP contribution in [0.15, 0.2) is 29.3 Å². The summed E-state index contributed by atoms with van der Waals surface area (Å²) < 4.78 is 8.54. The number of ether oxygens (including phenoxy) is 1. The summed E-state index contributed by atoms with van der Waals surface area (Å²) in [4.78, 5) is 27.7. The van der Waals surface area contributed by atoms with Crippen molar-refractivity contribution in [3.8, 4) is 5.75 Å². The summed E-state index contributed by atoms with van der Waals surface area (Å²) in [7, 11) is 1.64. The Morgan fingerprint density at radius 3 is 2.91 bits per heavy atom. The highest BCUT2D eigenvalue weighted by Crippen LogP contribution is 2.40. The number of carbonyl (C=O) groups excluding carboxylic acids is 1. The summed E-state index contributed by atoms with van der Waals surface area (Å²) in [6.45, 7) is 1.53. The number of rotatable bonds is 6. The average molecular weight is 501 g/mol. The number of halogens is 1. The first-order valence-corrected chi connectivity index (χ1v) is 11.3. The topological polar surface area (TPSA) is 137 Å². The van der Waals surface area contributed by atoms with Crippen molar-refractivity contribution in [2.75, 3.05) is 30.8 Å². The Morgan fingerprint density at radius 2 is 2.16 bits per heavy atom. The van der Waals surface area contributed by atoms with E-state index in [4.69, 9.17) is 16.2 Å². The van der Waals surface area contributed by atoms with Crippen molar-refractivity contribution >= 4 is 44.5 Å². The molecule has 3 aromatic rings. The summed E-state index contributed by atoms with van der Waals surface area (Å²) in [6, 6.07) is 4.14. The Hall–Kier alpha value is -2.92. The predicted molar refractivity (Wildman–Crippen MR) is 124 cm³/mol. The predicted octanol–water partition coefficient (Wildman–Crippen LogP) is 1.41. The van der Waals surface area contributed by atoms with E-state index in [2.05, 4.69) is 41.1 Å². The molecule has 10 nitrogen and oxygen atoms in total. The van der Waals surface area contributed by atoms with Crippen LogP contribution in [0, 0.1) is 0 Å². The zero-order chi connectivity index (χ0) is 22.5. The fourth-order valence-corrected chi connectivity index (χ4v) is 4.65. The fourth-order valence-electron chi connectivity index (χ4n) is 4.20. The van der Waals surface area contributed by atoms with Crippen LogP contribution in [0.4, 0.5) is 11.5 Å². The summed E-state index contributed by atoms with van der Waals surface area (Å²) in [6.07, 6.45) is 5.76. The minimum absolute atomic E-state index is 0.0780. The Morgan fingerprint density at radius 1 is 1.34 bits per heavy atom. The molecule has 2 aromatic heterocycles. The molecule has 1 amide bonds. The van der Waals surface area contributed by atoms with Gasteiger partial charge in [-0.2, -0.15) is 0 Å². The number of fused-ring (bicyclic) bond motifs is 1. The molecule has 1 saturated carbocycles. The Balaban J connectivity index is 1.50. The van der Waals surface area contributed by atoms with Gasteiger partial charge in [0.25, 0.3) is 0 Å². The molecule has 5 rings (SSSR count). The standard InChI is InChI=1S/C21H25BrN8O2/c1-32-15-5-4-14(22)13(8-30-11-27-16-18(23)25-10-26-19(16)30)17(15)29-7-6-21(24,9-29)20(31)28-12-2-3-12/h4-5,10-12H,2-3,6-9,24H2,1H3,(H,28,31)(H2,23,25,26)/t21-/m1/s1. The van der Waals surface area contributed by atoms with E-state index in [-0.39, 0.29) is 11.9 Å². The third-order valence-electron chi connectivity index (χ3n) is 6.15. The average Bonchev–Trinajstić information content (AvgIpc) is 3.35. The summed E-state index contributed by atoms with van der Waals surface area (Å²) >= 11 is 3.70.